The number of H-pyrrole nitrogens is 1. The lowest BCUT2D eigenvalue weighted by molar-refractivity contribution is 0.0946. The van der Waals surface area contributed by atoms with E-state index in [1.807, 2.05) is 30.3 Å². The fourth-order valence-electron chi connectivity index (χ4n) is 3.97. The molecule has 0 atom stereocenters. The number of fused-ring (bicyclic) bond motifs is 1. The van der Waals surface area contributed by atoms with Crippen molar-refractivity contribution in [2.75, 3.05) is 20.2 Å². The molecule has 29 heavy (non-hydrogen) atoms. The fourth-order valence-corrected chi connectivity index (χ4v) is 3.97. The topological polar surface area (TPSA) is 57.4 Å². The molecule has 1 saturated heterocycles. The summed E-state index contributed by atoms with van der Waals surface area (Å²) in [6.45, 7) is 6.12. The van der Waals surface area contributed by atoms with Crippen LogP contribution in [0.5, 0.6) is 5.75 Å². The number of methoxy groups -OCH3 is 1. The van der Waals surface area contributed by atoms with Crippen LogP contribution in [0.2, 0.25) is 0 Å². The first-order valence-corrected chi connectivity index (χ1v) is 10.4. The standard InChI is InChI=1S/C24H29N3O2/c1-17-9-11-27(12-10-17)16-20-6-4-3-5-19(20)15-25-24(28)23-13-18-7-8-21(29-2)14-22(18)26-23/h3-8,13-14,17,26H,9-12,15-16H2,1-2H3,(H,25,28). The number of piperidine rings is 1. The smallest absolute Gasteiger partial charge is 0.267 e. The first-order chi connectivity index (χ1) is 14.1. The molecule has 2 N–H and O–H groups in total. The van der Waals surface area contributed by atoms with Gasteiger partial charge in [0.25, 0.3) is 5.91 Å². The van der Waals surface area contributed by atoms with E-state index in [0.717, 1.165) is 42.2 Å². The zero-order valence-corrected chi connectivity index (χ0v) is 17.2. The molecule has 5 nitrogen and oxygen atoms in total. The Balaban J connectivity index is 1.41. The molecule has 2 heterocycles. The number of likely N-dealkylation sites (tertiary alicyclic amines) is 1. The van der Waals surface area contributed by atoms with E-state index in [2.05, 4.69) is 40.3 Å². The summed E-state index contributed by atoms with van der Waals surface area (Å²) in [6.07, 6.45) is 2.54. The molecule has 1 aromatic heterocycles. The SMILES string of the molecule is COc1ccc2cc(C(=O)NCc3ccccc3CN3CCC(C)CC3)[nH]c2c1. The largest absolute Gasteiger partial charge is 0.497 e. The number of ether oxygens (including phenoxy) is 1. The van der Waals surface area contributed by atoms with Crippen molar-refractivity contribution < 1.29 is 9.53 Å². The van der Waals surface area contributed by atoms with Gasteiger partial charge in [-0.05, 0) is 61.2 Å². The molecule has 4 rings (SSSR count). The van der Waals surface area contributed by atoms with Crippen LogP contribution < -0.4 is 10.1 Å². The van der Waals surface area contributed by atoms with E-state index in [0.29, 0.717) is 12.2 Å². The van der Waals surface area contributed by atoms with Gasteiger partial charge in [0, 0.05) is 30.1 Å². The minimum absolute atomic E-state index is 0.0956. The predicted molar refractivity (Wildman–Crippen MR) is 116 cm³/mol. The number of rotatable bonds is 6. The number of carbonyl (C=O) groups excluding carboxylic acids is 1. The zero-order valence-electron chi connectivity index (χ0n) is 17.2. The van der Waals surface area contributed by atoms with Crippen molar-refractivity contribution >= 4 is 16.8 Å². The number of carbonyl (C=O) groups is 1. The Labute approximate surface area is 172 Å². The number of nitrogens with one attached hydrogen (secondary N) is 2. The Hall–Kier alpha value is -2.79. The van der Waals surface area contributed by atoms with Crippen LogP contribution >= 0.6 is 0 Å². The molecule has 0 spiro atoms. The second-order valence-corrected chi connectivity index (χ2v) is 8.05. The van der Waals surface area contributed by atoms with Crippen molar-refractivity contribution in [2.24, 2.45) is 5.92 Å². The normalized spacial score (nSPS) is 15.5. The number of aromatic amines is 1. The highest BCUT2D eigenvalue weighted by molar-refractivity contribution is 5.98. The Bertz CT molecular complexity index is 987. The number of nitrogens with zero attached hydrogens (tertiary/aromatic N) is 1. The van der Waals surface area contributed by atoms with Crippen LogP contribution in [0.3, 0.4) is 0 Å². The summed E-state index contributed by atoms with van der Waals surface area (Å²) >= 11 is 0. The third kappa shape index (κ3) is 4.62. The van der Waals surface area contributed by atoms with Gasteiger partial charge in [0.15, 0.2) is 0 Å². The molecule has 1 fully saturated rings. The van der Waals surface area contributed by atoms with E-state index in [4.69, 9.17) is 4.74 Å². The fraction of sp³-hybridized carbons (Fsp3) is 0.375. The molecule has 1 aliphatic heterocycles. The first-order valence-electron chi connectivity index (χ1n) is 10.4. The molecule has 0 saturated carbocycles. The number of amides is 1. The summed E-state index contributed by atoms with van der Waals surface area (Å²) in [5.74, 6) is 1.51. The van der Waals surface area contributed by atoms with E-state index in [-0.39, 0.29) is 5.91 Å². The molecule has 0 bridgehead atoms. The predicted octanol–water partition coefficient (Wildman–Crippen LogP) is 4.34. The third-order valence-electron chi connectivity index (χ3n) is 5.90. The quantitative estimate of drug-likeness (QED) is 0.657. The number of hydrogen-bond donors (Lipinski definition) is 2. The van der Waals surface area contributed by atoms with Gasteiger partial charge in [-0.25, -0.2) is 0 Å². The molecule has 0 unspecified atom stereocenters. The van der Waals surface area contributed by atoms with Crippen molar-refractivity contribution in [3.05, 3.63) is 65.4 Å². The number of benzene rings is 2. The van der Waals surface area contributed by atoms with Crippen LogP contribution in [-0.2, 0) is 13.1 Å². The van der Waals surface area contributed by atoms with E-state index in [9.17, 15) is 4.79 Å². The van der Waals surface area contributed by atoms with Crippen LogP contribution in [0, 0.1) is 5.92 Å². The van der Waals surface area contributed by atoms with Crippen LogP contribution in [0.4, 0.5) is 0 Å². The molecule has 0 aliphatic carbocycles. The maximum atomic E-state index is 12.7. The van der Waals surface area contributed by atoms with Gasteiger partial charge < -0.3 is 15.0 Å². The molecule has 3 aromatic rings. The van der Waals surface area contributed by atoms with Crippen molar-refractivity contribution in [3.8, 4) is 5.75 Å². The van der Waals surface area contributed by atoms with Gasteiger partial charge in [0.05, 0.1) is 7.11 Å². The van der Waals surface area contributed by atoms with Gasteiger partial charge in [0.1, 0.15) is 11.4 Å². The van der Waals surface area contributed by atoms with Gasteiger partial charge in [-0.15, -0.1) is 0 Å². The van der Waals surface area contributed by atoms with Gasteiger partial charge in [-0.1, -0.05) is 31.2 Å². The van der Waals surface area contributed by atoms with E-state index in [1.54, 1.807) is 7.11 Å². The molecular formula is C24H29N3O2. The van der Waals surface area contributed by atoms with Crippen LogP contribution in [-0.4, -0.2) is 36.0 Å². The maximum absolute atomic E-state index is 12.7. The minimum atomic E-state index is -0.0956. The average Bonchev–Trinajstić information content (AvgIpc) is 3.18. The van der Waals surface area contributed by atoms with Crippen molar-refractivity contribution in [2.45, 2.75) is 32.9 Å². The highest BCUT2D eigenvalue weighted by atomic mass is 16.5. The summed E-state index contributed by atoms with van der Waals surface area (Å²) in [7, 11) is 1.64. The van der Waals surface area contributed by atoms with E-state index < -0.39 is 0 Å². The Morgan fingerprint density at radius 1 is 1.14 bits per heavy atom. The van der Waals surface area contributed by atoms with Crippen LogP contribution in [0.15, 0.2) is 48.5 Å². The van der Waals surface area contributed by atoms with Crippen LogP contribution in [0.25, 0.3) is 10.9 Å². The number of hydrogen-bond acceptors (Lipinski definition) is 3. The monoisotopic (exact) mass is 391 g/mol. The summed E-state index contributed by atoms with van der Waals surface area (Å²) in [4.78, 5) is 18.4. The van der Waals surface area contributed by atoms with Gasteiger partial charge in [-0.2, -0.15) is 0 Å². The first kappa shape index (κ1) is 19.5. The second-order valence-electron chi connectivity index (χ2n) is 8.05. The van der Waals surface area contributed by atoms with E-state index >= 15 is 0 Å². The molecule has 5 heteroatoms. The van der Waals surface area contributed by atoms with Gasteiger partial charge in [-0.3, -0.25) is 9.69 Å². The summed E-state index contributed by atoms with van der Waals surface area (Å²) in [5, 5.41) is 4.07. The third-order valence-corrected chi connectivity index (χ3v) is 5.90. The van der Waals surface area contributed by atoms with E-state index in [1.165, 1.54) is 24.0 Å². The molecular weight excluding hydrogens is 362 g/mol. The Morgan fingerprint density at radius 3 is 2.66 bits per heavy atom. The lowest BCUT2D eigenvalue weighted by Crippen LogP contribution is -2.33. The van der Waals surface area contributed by atoms with Gasteiger partial charge >= 0.3 is 0 Å². The lowest BCUT2D eigenvalue weighted by atomic mass is 9.98. The van der Waals surface area contributed by atoms with Crippen molar-refractivity contribution in [3.63, 3.8) is 0 Å². The summed E-state index contributed by atoms with van der Waals surface area (Å²) in [5.41, 5.74) is 3.94. The van der Waals surface area contributed by atoms with Gasteiger partial charge in [0.2, 0.25) is 0 Å². The summed E-state index contributed by atoms with van der Waals surface area (Å²) < 4.78 is 5.25. The molecule has 2 aromatic carbocycles. The second kappa shape index (κ2) is 8.70. The molecule has 1 amide bonds. The Morgan fingerprint density at radius 2 is 1.90 bits per heavy atom. The summed E-state index contributed by atoms with van der Waals surface area (Å²) in [6, 6.07) is 16.0. The van der Waals surface area contributed by atoms with Crippen molar-refractivity contribution in [1.29, 1.82) is 0 Å². The molecule has 152 valence electrons. The molecule has 0 radical (unpaired) electrons. The average molecular weight is 392 g/mol. The van der Waals surface area contributed by atoms with Crippen molar-refractivity contribution in [1.82, 2.24) is 15.2 Å². The Kier molecular flexibility index (Phi) is 5.86. The highest BCUT2D eigenvalue weighted by Gasteiger charge is 2.17. The molecule has 1 aliphatic rings. The highest BCUT2D eigenvalue weighted by Crippen LogP contribution is 2.22. The maximum Gasteiger partial charge on any atom is 0.267 e. The lowest BCUT2D eigenvalue weighted by Gasteiger charge is -2.30. The zero-order chi connectivity index (χ0) is 20.2. The number of aromatic nitrogens is 1. The minimum Gasteiger partial charge on any atom is -0.497 e. The van der Waals surface area contributed by atoms with Crippen LogP contribution in [0.1, 0.15) is 41.4 Å².